The zero-order valence-corrected chi connectivity index (χ0v) is 14.8. The lowest BCUT2D eigenvalue weighted by Gasteiger charge is -2.38. The van der Waals surface area contributed by atoms with Crippen LogP contribution in [0.2, 0.25) is 0 Å². The molecule has 5 heterocycles. The molecule has 6 aliphatic rings. The van der Waals surface area contributed by atoms with Crippen LogP contribution in [0.4, 0.5) is 0 Å². The predicted molar refractivity (Wildman–Crippen MR) is 89.1 cm³/mol. The summed E-state index contributed by atoms with van der Waals surface area (Å²) < 4.78 is 10.8. The third-order valence-electron chi connectivity index (χ3n) is 7.86. The highest BCUT2D eigenvalue weighted by molar-refractivity contribution is 5.92. The van der Waals surface area contributed by atoms with Crippen LogP contribution in [0.15, 0.2) is 17.1 Å². The average molecular weight is 357 g/mol. The minimum Gasteiger partial charge on any atom is -0.451 e. The Kier molecular flexibility index (Phi) is 2.74. The molecular formula is C19H23N3O4. The van der Waals surface area contributed by atoms with Gasteiger partial charge in [-0.15, -0.1) is 0 Å². The van der Waals surface area contributed by atoms with E-state index in [1.54, 1.807) is 0 Å². The number of oxazole rings is 1. The van der Waals surface area contributed by atoms with Crippen molar-refractivity contribution in [1.29, 1.82) is 0 Å². The van der Waals surface area contributed by atoms with Crippen LogP contribution in [0.5, 0.6) is 0 Å². The van der Waals surface area contributed by atoms with Crippen molar-refractivity contribution in [3.63, 3.8) is 0 Å². The van der Waals surface area contributed by atoms with Crippen LogP contribution in [0.1, 0.15) is 42.6 Å². The van der Waals surface area contributed by atoms with Crippen molar-refractivity contribution in [2.45, 2.75) is 37.7 Å². The Morgan fingerprint density at radius 1 is 1.08 bits per heavy atom. The fourth-order valence-corrected chi connectivity index (χ4v) is 6.63. The van der Waals surface area contributed by atoms with Crippen LogP contribution in [0.3, 0.4) is 0 Å². The van der Waals surface area contributed by atoms with Crippen LogP contribution >= 0.6 is 0 Å². The molecule has 0 spiro atoms. The molecule has 7 heteroatoms. The minimum absolute atomic E-state index is 0.0421. The highest BCUT2D eigenvalue weighted by Crippen LogP contribution is 2.63. The van der Waals surface area contributed by atoms with Gasteiger partial charge in [0, 0.05) is 37.0 Å². The Labute approximate surface area is 151 Å². The number of likely N-dealkylation sites (tertiary alicyclic amines) is 2. The summed E-state index contributed by atoms with van der Waals surface area (Å²) in [6.07, 6.45) is 7.90. The van der Waals surface area contributed by atoms with Gasteiger partial charge in [0.2, 0.25) is 0 Å². The first-order chi connectivity index (χ1) is 12.5. The van der Waals surface area contributed by atoms with Gasteiger partial charge in [0.15, 0.2) is 12.1 Å². The van der Waals surface area contributed by atoms with Crippen LogP contribution in [-0.2, 0) is 9.53 Å². The van der Waals surface area contributed by atoms with Crippen molar-refractivity contribution < 1.29 is 18.7 Å². The maximum atomic E-state index is 13.2. The van der Waals surface area contributed by atoms with E-state index in [1.165, 1.54) is 19.1 Å². The van der Waals surface area contributed by atoms with Gasteiger partial charge >= 0.3 is 0 Å². The third-order valence-corrected chi connectivity index (χ3v) is 7.86. The van der Waals surface area contributed by atoms with Gasteiger partial charge in [0.25, 0.3) is 11.8 Å². The molecule has 0 N–H and O–H groups in total. The Balaban J connectivity index is 1.25. The second-order valence-corrected chi connectivity index (χ2v) is 9.19. The van der Waals surface area contributed by atoms with Crippen LogP contribution in [0, 0.1) is 16.7 Å². The van der Waals surface area contributed by atoms with Crippen molar-refractivity contribution in [2.75, 3.05) is 32.8 Å². The van der Waals surface area contributed by atoms with Gasteiger partial charge in [0.05, 0.1) is 6.61 Å². The Bertz CT molecular complexity index is 759. The Hall–Kier alpha value is -1.89. The van der Waals surface area contributed by atoms with Crippen molar-refractivity contribution in [1.82, 2.24) is 14.8 Å². The molecule has 2 unspecified atom stereocenters. The van der Waals surface area contributed by atoms with Gasteiger partial charge in [0.1, 0.15) is 11.9 Å². The van der Waals surface area contributed by atoms with Crippen LogP contribution in [-0.4, -0.2) is 65.0 Å². The highest BCUT2D eigenvalue weighted by Gasteiger charge is 2.68. The largest absolute Gasteiger partial charge is 0.451 e. The molecule has 2 aliphatic carbocycles. The van der Waals surface area contributed by atoms with Crippen LogP contribution < -0.4 is 0 Å². The van der Waals surface area contributed by atoms with Gasteiger partial charge in [-0.05, 0) is 31.6 Å². The summed E-state index contributed by atoms with van der Waals surface area (Å²) in [5, 5.41) is 0. The minimum atomic E-state index is -0.513. The number of nitrogens with zero attached hydrogens (tertiary/aromatic N) is 3. The number of carbonyl (C=O) groups is 2. The smallest absolute Gasteiger partial charge is 0.275 e. The molecular weight excluding hydrogens is 334 g/mol. The SMILES string of the molecule is O=C(c1cocn1)N1CC23CCCC2(C1)CN(C(=O)C12CC(CO1)C2)C3. The van der Waals surface area contributed by atoms with E-state index >= 15 is 0 Å². The molecule has 0 aromatic carbocycles. The fraction of sp³-hybridized carbons (Fsp3) is 0.737. The number of rotatable bonds is 2. The topological polar surface area (TPSA) is 75.9 Å². The van der Waals surface area contributed by atoms with E-state index in [0.717, 1.165) is 58.5 Å². The molecule has 2 amide bonds. The van der Waals surface area contributed by atoms with Gasteiger partial charge in [-0.1, -0.05) is 6.42 Å². The van der Waals surface area contributed by atoms with Crippen molar-refractivity contribution in [2.24, 2.45) is 16.7 Å². The van der Waals surface area contributed by atoms with E-state index in [1.807, 2.05) is 4.90 Å². The lowest BCUT2D eigenvalue weighted by molar-refractivity contribution is -0.154. The summed E-state index contributed by atoms with van der Waals surface area (Å²) in [7, 11) is 0. The number of ether oxygens (including phenoxy) is 1. The average Bonchev–Trinajstić information content (AvgIpc) is 3.37. The first-order valence-electron chi connectivity index (χ1n) is 9.66. The second-order valence-electron chi connectivity index (χ2n) is 9.19. The molecule has 138 valence electrons. The first kappa shape index (κ1) is 15.2. The Morgan fingerprint density at radius 3 is 2.35 bits per heavy atom. The summed E-state index contributed by atoms with van der Waals surface area (Å²) in [4.78, 5) is 33.9. The zero-order valence-electron chi connectivity index (χ0n) is 14.8. The number of amides is 2. The third kappa shape index (κ3) is 1.70. The number of aromatic nitrogens is 1. The number of hydrogen-bond donors (Lipinski definition) is 0. The molecule has 1 aromatic heterocycles. The fourth-order valence-electron chi connectivity index (χ4n) is 6.63. The lowest BCUT2D eigenvalue weighted by atomic mass is 9.71. The monoisotopic (exact) mass is 357 g/mol. The van der Waals surface area contributed by atoms with E-state index in [-0.39, 0.29) is 22.6 Å². The van der Waals surface area contributed by atoms with Crippen molar-refractivity contribution >= 4 is 11.8 Å². The number of carbonyl (C=O) groups excluding carboxylic acids is 2. The van der Waals surface area contributed by atoms with Crippen molar-refractivity contribution in [3.05, 3.63) is 18.4 Å². The Morgan fingerprint density at radius 2 is 1.77 bits per heavy atom. The van der Waals surface area contributed by atoms with E-state index in [2.05, 4.69) is 9.88 Å². The highest BCUT2D eigenvalue weighted by atomic mass is 16.5. The number of fused-ring (bicyclic) bond motifs is 1. The van der Waals surface area contributed by atoms with E-state index in [9.17, 15) is 9.59 Å². The molecule has 2 saturated carbocycles. The molecule has 0 radical (unpaired) electrons. The summed E-state index contributed by atoms with van der Waals surface area (Å²) in [6.45, 7) is 3.72. The second kappa shape index (κ2) is 4.68. The molecule has 2 atom stereocenters. The van der Waals surface area contributed by atoms with E-state index in [0.29, 0.717) is 11.6 Å². The zero-order chi connectivity index (χ0) is 17.6. The molecule has 4 aliphatic heterocycles. The van der Waals surface area contributed by atoms with Gasteiger partial charge in [-0.25, -0.2) is 4.98 Å². The molecule has 2 bridgehead atoms. The number of hydrogen-bond acceptors (Lipinski definition) is 5. The summed E-state index contributed by atoms with van der Waals surface area (Å²) in [5.41, 5.74) is -0.0512. The first-order valence-corrected chi connectivity index (χ1v) is 9.66. The maximum absolute atomic E-state index is 13.2. The molecule has 7 rings (SSSR count). The molecule has 4 saturated heterocycles. The molecule has 1 aromatic rings. The van der Waals surface area contributed by atoms with E-state index < -0.39 is 5.60 Å². The summed E-state index contributed by atoms with van der Waals surface area (Å²) >= 11 is 0. The lowest BCUT2D eigenvalue weighted by Crippen LogP contribution is -2.53. The van der Waals surface area contributed by atoms with Crippen molar-refractivity contribution in [3.8, 4) is 0 Å². The van der Waals surface area contributed by atoms with Gasteiger partial charge < -0.3 is 19.0 Å². The van der Waals surface area contributed by atoms with Crippen LogP contribution in [0.25, 0.3) is 0 Å². The quantitative estimate of drug-likeness (QED) is 0.798. The summed E-state index contributed by atoms with van der Waals surface area (Å²) in [6, 6.07) is 0. The molecule has 7 nitrogen and oxygen atoms in total. The maximum Gasteiger partial charge on any atom is 0.275 e. The molecule has 6 fully saturated rings. The van der Waals surface area contributed by atoms with Gasteiger partial charge in [-0.2, -0.15) is 0 Å². The molecule has 26 heavy (non-hydrogen) atoms. The van der Waals surface area contributed by atoms with Gasteiger partial charge in [-0.3, -0.25) is 9.59 Å². The summed E-state index contributed by atoms with van der Waals surface area (Å²) in [5.74, 6) is 0.745. The predicted octanol–water partition coefficient (Wildman–Crippen LogP) is 1.31. The van der Waals surface area contributed by atoms with E-state index in [4.69, 9.17) is 9.15 Å². The normalized spacial score (nSPS) is 42.7. The standard InChI is InChI=1S/C19H23N3O4/c23-15(14-7-25-12-20-14)21-8-17-2-1-3-18(17,9-21)11-22(10-17)16(24)19-4-13(5-19)6-26-19/h7,12-13H,1-6,8-11H2.